The number of anilines is 2. The smallest absolute Gasteiger partial charge is 0.325 e. The summed E-state index contributed by atoms with van der Waals surface area (Å²) in [6, 6.07) is 14.6. The fourth-order valence-electron chi connectivity index (χ4n) is 4.70. The van der Waals surface area contributed by atoms with Crippen molar-refractivity contribution in [1.82, 2.24) is 20.2 Å². The van der Waals surface area contributed by atoms with Crippen molar-refractivity contribution in [3.05, 3.63) is 66.5 Å². The molecule has 0 radical (unpaired) electrons. The number of aromatic nitrogens is 2. The number of nitrogens with one attached hydrogen (secondary N) is 2. The standard InChI is InChI=1S/C33H41N5O6/c1-5-42-31(41)25-14-16-38(17-15-25)18-19-43-28-12-10-27(11-13-28)37-32-35-20-26(21-36-32)23-6-8-24(9-7-23)30(40)34-22-29(39)44-33(2,3)4/h6-13,20-21,25H,5,14-19,22H2,1-4H3,(H,34,40)(H,35,36,37). The Bertz CT molecular complexity index is 1380. The van der Waals surface area contributed by atoms with Crippen molar-refractivity contribution in [1.29, 1.82) is 0 Å². The van der Waals surface area contributed by atoms with Gasteiger partial charge in [0.1, 0.15) is 24.5 Å². The summed E-state index contributed by atoms with van der Waals surface area (Å²) in [6.45, 7) is 10.5. The van der Waals surface area contributed by atoms with Crippen LogP contribution in [0.15, 0.2) is 60.9 Å². The van der Waals surface area contributed by atoms with Gasteiger partial charge in [-0.25, -0.2) is 9.97 Å². The first kappa shape index (κ1) is 32.4. The number of hydrogen-bond acceptors (Lipinski definition) is 10. The molecule has 1 aromatic heterocycles. The molecule has 2 heterocycles. The molecule has 2 N–H and O–H groups in total. The molecule has 11 heteroatoms. The highest BCUT2D eigenvalue weighted by Crippen LogP contribution is 2.22. The second kappa shape index (κ2) is 15.3. The number of nitrogens with zero attached hydrogens (tertiary/aromatic N) is 3. The number of benzene rings is 2. The zero-order chi connectivity index (χ0) is 31.5. The number of ether oxygens (including phenoxy) is 3. The van der Waals surface area contributed by atoms with Gasteiger partial charge in [-0.15, -0.1) is 0 Å². The number of esters is 2. The van der Waals surface area contributed by atoms with Gasteiger partial charge in [0.05, 0.1) is 12.5 Å². The third-order valence-corrected chi connectivity index (χ3v) is 6.94. The second-order valence-corrected chi connectivity index (χ2v) is 11.5. The van der Waals surface area contributed by atoms with Gasteiger partial charge < -0.3 is 24.8 Å². The van der Waals surface area contributed by atoms with Gasteiger partial charge >= 0.3 is 11.9 Å². The summed E-state index contributed by atoms with van der Waals surface area (Å²) in [5.41, 5.74) is 2.30. The van der Waals surface area contributed by atoms with Crippen molar-refractivity contribution < 1.29 is 28.6 Å². The lowest BCUT2D eigenvalue weighted by atomic mass is 9.97. The van der Waals surface area contributed by atoms with Crippen LogP contribution in [0.1, 0.15) is 50.9 Å². The number of likely N-dealkylation sites (tertiary alicyclic amines) is 1. The van der Waals surface area contributed by atoms with Gasteiger partial charge in [0, 0.05) is 35.8 Å². The van der Waals surface area contributed by atoms with E-state index in [1.54, 1.807) is 57.4 Å². The van der Waals surface area contributed by atoms with Gasteiger partial charge in [0.25, 0.3) is 5.91 Å². The Hall–Kier alpha value is -4.51. The third-order valence-electron chi connectivity index (χ3n) is 6.94. The number of rotatable bonds is 12. The molecule has 1 aliphatic heterocycles. The normalized spacial score (nSPS) is 14.0. The van der Waals surface area contributed by atoms with Crippen LogP contribution in [0.25, 0.3) is 11.1 Å². The Balaban J connectivity index is 1.19. The zero-order valence-electron chi connectivity index (χ0n) is 25.8. The lowest BCUT2D eigenvalue weighted by molar-refractivity contribution is -0.153. The Kier molecular flexibility index (Phi) is 11.3. The summed E-state index contributed by atoms with van der Waals surface area (Å²) in [5, 5.41) is 5.76. The molecule has 0 unspecified atom stereocenters. The summed E-state index contributed by atoms with van der Waals surface area (Å²) in [4.78, 5) is 47.3. The van der Waals surface area contributed by atoms with Gasteiger partial charge in [-0.2, -0.15) is 0 Å². The van der Waals surface area contributed by atoms with Crippen molar-refractivity contribution in [3.8, 4) is 16.9 Å². The maximum absolute atomic E-state index is 12.4. The molecule has 2 aromatic carbocycles. The Morgan fingerprint density at radius 3 is 2.20 bits per heavy atom. The van der Waals surface area contributed by atoms with E-state index in [-0.39, 0.29) is 24.3 Å². The van der Waals surface area contributed by atoms with E-state index in [0.29, 0.717) is 24.7 Å². The van der Waals surface area contributed by atoms with Crippen LogP contribution in [-0.2, 0) is 19.1 Å². The van der Waals surface area contributed by atoms with E-state index >= 15 is 0 Å². The lowest BCUT2D eigenvalue weighted by Crippen LogP contribution is -2.39. The fourth-order valence-corrected chi connectivity index (χ4v) is 4.70. The zero-order valence-corrected chi connectivity index (χ0v) is 25.8. The molecule has 234 valence electrons. The molecular formula is C33H41N5O6. The minimum Gasteiger partial charge on any atom is -0.492 e. The molecule has 0 saturated carbocycles. The molecule has 0 aliphatic carbocycles. The fraction of sp³-hybridized carbons (Fsp3) is 0.424. The summed E-state index contributed by atoms with van der Waals surface area (Å²) < 4.78 is 16.3. The van der Waals surface area contributed by atoms with Gasteiger partial charge in [-0.05, 0) is 95.6 Å². The van der Waals surface area contributed by atoms with Crippen molar-refractivity contribution in [2.75, 3.05) is 44.7 Å². The summed E-state index contributed by atoms with van der Waals surface area (Å²) in [5.74, 6) is 0.308. The molecule has 4 rings (SSSR count). The summed E-state index contributed by atoms with van der Waals surface area (Å²) in [7, 11) is 0. The minimum absolute atomic E-state index is 0.0122. The number of carbonyl (C=O) groups is 3. The van der Waals surface area contributed by atoms with E-state index in [9.17, 15) is 14.4 Å². The Morgan fingerprint density at radius 2 is 1.59 bits per heavy atom. The topological polar surface area (TPSA) is 132 Å². The van der Waals surface area contributed by atoms with Crippen molar-refractivity contribution in [3.63, 3.8) is 0 Å². The van der Waals surface area contributed by atoms with E-state index in [4.69, 9.17) is 14.2 Å². The molecule has 0 atom stereocenters. The van der Waals surface area contributed by atoms with Crippen LogP contribution in [0.2, 0.25) is 0 Å². The van der Waals surface area contributed by atoms with Crippen molar-refractivity contribution >= 4 is 29.5 Å². The third kappa shape index (κ3) is 10.0. The maximum atomic E-state index is 12.4. The van der Waals surface area contributed by atoms with E-state index in [0.717, 1.165) is 55.0 Å². The van der Waals surface area contributed by atoms with Crippen LogP contribution in [0.4, 0.5) is 11.6 Å². The van der Waals surface area contributed by atoms with Crippen molar-refractivity contribution in [2.45, 2.75) is 46.1 Å². The predicted molar refractivity (Wildman–Crippen MR) is 167 cm³/mol. The van der Waals surface area contributed by atoms with Gasteiger partial charge in [-0.3, -0.25) is 19.3 Å². The van der Waals surface area contributed by atoms with E-state index in [1.807, 2.05) is 31.2 Å². The molecule has 1 saturated heterocycles. The monoisotopic (exact) mass is 603 g/mol. The van der Waals surface area contributed by atoms with Crippen molar-refractivity contribution in [2.24, 2.45) is 5.92 Å². The largest absolute Gasteiger partial charge is 0.492 e. The number of piperidine rings is 1. The predicted octanol–water partition coefficient (Wildman–Crippen LogP) is 4.61. The first-order chi connectivity index (χ1) is 21.1. The van der Waals surface area contributed by atoms with Crippen LogP contribution < -0.4 is 15.4 Å². The molecular weight excluding hydrogens is 562 g/mol. The molecule has 44 heavy (non-hydrogen) atoms. The van der Waals surface area contributed by atoms with E-state index < -0.39 is 11.6 Å². The highest BCUT2D eigenvalue weighted by molar-refractivity contribution is 5.96. The first-order valence-corrected chi connectivity index (χ1v) is 14.9. The molecule has 1 fully saturated rings. The van der Waals surface area contributed by atoms with Crippen LogP contribution in [0.3, 0.4) is 0 Å². The minimum atomic E-state index is -0.607. The van der Waals surface area contributed by atoms with Gasteiger partial charge in [-0.1, -0.05) is 12.1 Å². The maximum Gasteiger partial charge on any atom is 0.325 e. The van der Waals surface area contributed by atoms with Crippen LogP contribution in [0.5, 0.6) is 5.75 Å². The summed E-state index contributed by atoms with van der Waals surface area (Å²) in [6.07, 6.45) is 5.07. The molecule has 0 spiro atoms. The summed E-state index contributed by atoms with van der Waals surface area (Å²) >= 11 is 0. The molecule has 3 aromatic rings. The second-order valence-electron chi connectivity index (χ2n) is 11.5. The van der Waals surface area contributed by atoms with Gasteiger partial charge in [0.2, 0.25) is 5.95 Å². The average molecular weight is 604 g/mol. The molecule has 0 bridgehead atoms. The SMILES string of the molecule is CCOC(=O)C1CCN(CCOc2ccc(Nc3ncc(-c4ccc(C(=O)NCC(=O)OC(C)(C)C)cc4)cn3)cc2)CC1. The first-order valence-electron chi connectivity index (χ1n) is 14.9. The quantitative estimate of drug-likeness (QED) is 0.283. The number of hydrogen-bond donors (Lipinski definition) is 2. The Morgan fingerprint density at radius 1 is 0.932 bits per heavy atom. The lowest BCUT2D eigenvalue weighted by Gasteiger charge is -2.30. The van der Waals surface area contributed by atoms with Crippen LogP contribution in [-0.4, -0.2) is 77.7 Å². The van der Waals surface area contributed by atoms with Gasteiger partial charge in [0.15, 0.2) is 0 Å². The Labute approximate surface area is 258 Å². The molecule has 1 aliphatic rings. The molecule has 11 nitrogen and oxygen atoms in total. The van der Waals surface area contributed by atoms with E-state index in [2.05, 4.69) is 25.5 Å². The van der Waals surface area contributed by atoms with Crippen LogP contribution in [0, 0.1) is 5.92 Å². The van der Waals surface area contributed by atoms with Crippen LogP contribution >= 0.6 is 0 Å². The highest BCUT2D eigenvalue weighted by Gasteiger charge is 2.25. The number of carbonyl (C=O) groups excluding carboxylic acids is 3. The molecule has 1 amide bonds. The highest BCUT2D eigenvalue weighted by atomic mass is 16.6. The average Bonchev–Trinajstić information content (AvgIpc) is 3.01. The number of amides is 1. The van der Waals surface area contributed by atoms with E-state index in [1.165, 1.54) is 0 Å².